The summed E-state index contributed by atoms with van der Waals surface area (Å²) in [5.41, 5.74) is 8.14. The number of hydrogen-bond donors (Lipinski definition) is 0. The van der Waals surface area contributed by atoms with Gasteiger partial charge in [-0.25, -0.2) is 0 Å². The summed E-state index contributed by atoms with van der Waals surface area (Å²) in [7, 11) is 0. The van der Waals surface area contributed by atoms with E-state index in [4.69, 9.17) is 9.97 Å². The van der Waals surface area contributed by atoms with Gasteiger partial charge < -0.3 is 0 Å². The van der Waals surface area contributed by atoms with Crippen LogP contribution < -0.4 is 0 Å². The SMILES string of the molecule is c1cncc(-c2ccc(-c3ccc4c5ccccc5c5ccc(-c6ccc(-c7cccnc7)nc6)cc5c5cc6ccccc6cc5c5ccccc5c4c3)cn2)c1. The van der Waals surface area contributed by atoms with Crippen LogP contribution in [-0.2, 0) is 0 Å². The van der Waals surface area contributed by atoms with Crippen molar-refractivity contribution in [2.75, 3.05) is 0 Å². The molecule has 7 aromatic carbocycles. The van der Waals surface area contributed by atoms with Gasteiger partial charge in [-0.05, 0) is 136 Å². The van der Waals surface area contributed by atoms with E-state index in [-0.39, 0.29) is 0 Å². The minimum atomic E-state index is 0.901. The number of benzene rings is 6. The van der Waals surface area contributed by atoms with Crippen molar-refractivity contribution >= 4 is 64.6 Å². The van der Waals surface area contributed by atoms with E-state index in [1.165, 1.54) is 64.6 Å². The zero-order valence-electron chi connectivity index (χ0n) is 31.4. The van der Waals surface area contributed by atoms with Gasteiger partial charge in [0.25, 0.3) is 0 Å². The number of rotatable bonds is 4. The molecule has 58 heavy (non-hydrogen) atoms. The van der Waals surface area contributed by atoms with E-state index < -0.39 is 0 Å². The van der Waals surface area contributed by atoms with Crippen molar-refractivity contribution in [1.29, 1.82) is 0 Å². The highest BCUT2D eigenvalue weighted by molar-refractivity contribution is 6.28. The molecule has 0 bridgehead atoms. The minimum absolute atomic E-state index is 0.901. The summed E-state index contributed by atoms with van der Waals surface area (Å²) in [6, 6.07) is 61.4. The lowest BCUT2D eigenvalue weighted by molar-refractivity contribution is 1.28. The molecule has 0 saturated carbocycles. The van der Waals surface area contributed by atoms with Gasteiger partial charge in [0.15, 0.2) is 0 Å². The van der Waals surface area contributed by atoms with E-state index >= 15 is 0 Å². The Morgan fingerprint density at radius 1 is 0.241 bits per heavy atom. The fraction of sp³-hybridized carbons (Fsp3) is 0. The summed E-state index contributed by atoms with van der Waals surface area (Å²) < 4.78 is 0. The molecule has 4 aromatic heterocycles. The Hall–Kier alpha value is -7.82. The van der Waals surface area contributed by atoms with Gasteiger partial charge in [0, 0.05) is 59.4 Å². The normalized spacial score (nSPS) is 11.4. The molecule has 0 aliphatic rings. The molecular formula is C54H34N4. The fourth-order valence-corrected chi connectivity index (χ4v) is 8.45. The zero-order chi connectivity index (χ0) is 38.4. The number of fused-ring (bicyclic) bond motifs is 11. The quantitative estimate of drug-likeness (QED) is 0.180. The Balaban J connectivity index is 1.24. The number of aromatic nitrogens is 4. The van der Waals surface area contributed by atoms with Crippen molar-refractivity contribution in [2.24, 2.45) is 0 Å². The summed E-state index contributed by atoms with van der Waals surface area (Å²) in [6.07, 6.45) is 11.2. The topological polar surface area (TPSA) is 51.6 Å². The Bertz CT molecular complexity index is 3420. The molecular weight excluding hydrogens is 705 g/mol. The molecule has 11 aromatic rings. The Labute approximate surface area is 335 Å². The highest BCUT2D eigenvalue weighted by Gasteiger charge is 2.13. The largest absolute Gasteiger partial charge is 0.264 e. The maximum Gasteiger partial charge on any atom is 0.0717 e. The molecule has 0 N–H and O–H groups in total. The highest BCUT2D eigenvalue weighted by Crippen LogP contribution is 2.40. The zero-order valence-corrected chi connectivity index (χ0v) is 31.4. The van der Waals surface area contributed by atoms with E-state index in [0.29, 0.717) is 0 Å². The minimum Gasteiger partial charge on any atom is -0.264 e. The van der Waals surface area contributed by atoms with Crippen LogP contribution in [-0.4, -0.2) is 19.9 Å². The number of hydrogen-bond acceptors (Lipinski definition) is 4. The lowest BCUT2D eigenvalue weighted by Crippen LogP contribution is -1.88. The van der Waals surface area contributed by atoms with Crippen molar-refractivity contribution in [2.45, 2.75) is 0 Å². The first-order valence-electron chi connectivity index (χ1n) is 19.5. The Morgan fingerprint density at radius 3 is 1.05 bits per heavy atom. The maximum atomic E-state index is 4.87. The van der Waals surface area contributed by atoms with E-state index in [1.54, 1.807) is 12.4 Å². The van der Waals surface area contributed by atoms with Gasteiger partial charge in [0.05, 0.1) is 11.4 Å². The predicted molar refractivity (Wildman–Crippen MR) is 242 cm³/mol. The van der Waals surface area contributed by atoms with E-state index in [2.05, 4.69) is 156 Å². The van der Waals surface area contributed by atoms with Crippen LogP contribution >= 0.6 is 0 Å². The van der Waals surface area contributed by atoms with Crippen molar-refractivity contribution < 1.29 is 0 Å². The monoisotopic (exact) mass is 738 g/mol. The molecule has 0 radical (unpaired) electrons. The Kier molecular flexibility index (Phi) is 8.11. The molecule has 0 unspecified atom stereocenters. The Morgan fingerprint density at radius 2 is 0.621 bits per heavy atom. The van der Waals surface area contributed by atoms with Crippen LogP contribution in [0.25, 0.3) is 109 Å². The summed E-state index contributed by atoms with van der Waals surface area (Å²) in [4.78, 5) is 18.3. The molecule has 0 saturated heterocycles. The third kappa shape index (κ3) is 5.87. The van der Waals surface area contributed by atoms with Crippen LogP contribution in [0.5, 0.6) is 0 Å². The standard InChI is InChI=1S/C54H34N4/c1-2-10-36-28-52-50(27-35(36)9-1)46-16-6-5-15-45(46)49-29-37(39-19-23-53(57-33-39)41-11-7-25-55-31-41)17-21-47(49)43-13-3-4-14-44(43)48-22-18-38(30-51(48)52)40-20-24-54(58-34-40)42-12-8-26-56-32-42/h1-34H. The van der Waals surface area contributed by atoms with Crippen molar-refractivity contribution in [1.82, 2.24) is 19.9 Å². The summed E-state index contributed by atoms with van der Waals surface area (Å²) in [6.45, 7) is 0. The van der Waals surface area contributed by atoms with Crippen LogP contribution in [0.2, 0.25) is 0 Å². The van der Waals surface area contributed by atoms with Crippen molar-refractivity contribution in [3.05, 3.63) is 207 Å². The van der Waals surface area contributed by atoms with Gasteiger partial charge >= 0.3 is 0 Å². The molecule has 4 heterocycles. The molecule has 11 rings (SSSR count). The predicted octanol–water partition coefficient (Wildman–Crippen LogP) is 14.0. The second-order valence-electron chi connectivity index (χ2n) is 14.7. The van der Waals surface area contributed by atoms with Gasteiger partial charge in [0.1, 0.15) is 0 Å². The van der Waals surface area contributed by atoms with Gasteiger partial charge in [-0.1, -0.05) is 109 Å². The molecule has 0 spiro atoms. The third-order valence-electron chi connectivity index (χ3n) is 11.3. The molecule has 0 aliphatic carbocycles. The number of nitrogens with zero attached hydrogens (tertiary/aromatic N) is 4. The first-order valence-corrected chi connectivity index (χ1v) is 19.5. The van der Waals surface area contributed by atoms with Crippen LogP contribution in [0.4, 0.5) is 0 Å². The average molecular weight is 739 g/mol. The summed E-state index contributed by atoms with van der Waals surface area (Å²) in [5.74, 6) is 0. The summed E-state index contributed by atoms with van der Waals surface area (Å²) in [5, 5.41) is 14.2. The van der Waals surface area contributed by atoms with Gasteiger partial charge in [-0.3, -0.25) is 19.9 Å². The molecule has 4 nitrogen and oxygen atoms in total. The molecule has 4 heteroatoms. The van der Waals surface area contributed by atoms with E-state index in [0.717, 1.165) is 44.8 Å². The number of pyridine rings is 4. The van der Waals surface area contributed by atoms with Gasteiger partial charge in [0.2, 0.25) is 0 Å². The second kappa shape index (κ2) is 14.0. The maximum absolute atomic E-state index is 4.87. The third-order valence-corrected chi connectivity index (χ3v) is 11.3. The van der Waals surface area contributed by atoms with Crippen LogP contribution in [0.3, 0.4) is 0 Å². The average Bonchev–Trinajstić information content (AvgIpc) is 3.31. The van der Waals surface area contributed by atoms with Crippen molar-refractivity contribution in [3.63, 3.8) is 0 Å². The van der Waals surface area contributed by atoms with E-state index in [1.807, 2.05) is 49.1 Å². The van der Waals surface area contributed by atoms with Crippen molar-refractivity contribution in [3.8, 4) is 44.8 Å². The lowest BCUT2D eigenvalue weighted by Gasteiger charge is -2.13. The molecule has 270 valence electrons. The smallest absolute Gasteiger partial charge is 0.0717 e. The molecule has 0 fully saturated rings. The van der Waals surface area contributed by atoms with Crippen LogP contribution in [0, 0.1) is 0 Å². The van der Waals surface area contributed by atoms with Gasteiger partial charge in [-0.2, -0.15) is 0 Å². The second-order valence-corrected chi connectivity index (χ2v) is 14.7. The first kappa shape index (κ1) is 33.5. The summed E-state index contributed by atoms with van der Waals surface area (Å²) >= 11 is 0. The van der Waals surface area contributed by atoms with Crippen LogP contribution in [0.1, 0.15) is 0 Å². The van der Waals surface area contributed by atoms with E-state index in [9.17, 15) is 0 Å². The highest BCUT2D eigenvalue weighted by atomic mass is 14.7. The molecule has 0 atom stereocenters. The first-order chi connectivity index (χ1) is 28.7. The van der Waals surface area contributed by atoms with Crippen LogP contribution in [0.15, 0.2) is 207 Å². The molecule has 0 aliphatic heterocycles. The lowest BCUT2D eigenvalue weighted by atomic mass is 9.91. The fourth-order valence-electron chi connectivity index (χ4n) is 8.45. The van der Waals surface area contributed by atoms with Gasteiger partial charge in [-0.15, -0.1) is 0 Å². The molecule has 0 amide bonds.